The number of carbonyl (C=O) groups is 2. The third-order valence-electron chi connectivity index (χ3n) is 1.46. The Labute approximate surface area is 81.9 Å². The molecule has 14 heavy (non-hydrogen) atoms. The maximum atomic E-state index is 10.9. The first kappa shape index (κ1) is 12.9. The van der Waals surface area contributed by atoms with Gasteiger partial charge in [0, 0.05) is 19.6 Å². The Kier molecular flexibility index (Phi) is 6.69. The highest BCUT2D eigenvalue weighted by molar-refractivity contribution is 5.77. The van der Waals surface area contributed by atoms with E-state index in [2.05, 4.69) is 5.32 Å². The average Bonchev–Trinajstić information content (AvgIpc) is 2.14. The van der Waals surface area contributed by atoms with Crippen LogP contribution in [0.15, 0.2) is 0 Å². The van der Waals surface area contributed by atoms with Gasteiger partial charge in [0.1, 0.15) is 6.61 Å². The summed E-state index contributed by atoms with van der Waals surface area (Å²) >= 11 is 0. The lowest BCUT2D eigenvalue weighted by Crippen LogP contribution is -2.32. The minimum Gasteiger partial charge on any atom is -0.479 e. The van der Waals surface area contributed by atoms with Crippen LogP contribution in [0, 0.1) is 0 Å². The summed E-state index contributed by atoms with van der Waals surface area (Å²) in [4.78, 5) is 21.0. The number of hydrogen-bond donors (Lipinski definition) is 3. The summed E-state index contributed by atoms with van der Waals surface area (Å²) in [5.74, 6) is -1.60. The van der Waals surface area contributed by atoms with E-state index in [9.17, 15) is 9.59 Å². The van der Waals surface area contributed by atoms with E-state index in [1.807, 2.05) is 0 Å². The van der Waals surface area contributed by atoms with Crippen LogP contribution in [0.4, 0.5) is 0 Å². The van der Waals surface area contributed by atoms with Gasteiger partial charge in [-0.15, -0.1) is 0 Å². The lowest BCUT2D eigenvalue weighted by atomic mass is 10.2. The van der Waals surface area contributed by atoms with Crippen LogP contribution in [0.3, 0.4) is 0 Å². The number of ether oxygens (including phenoxy) is 1. The fourth-order valence-electron chi connectivity index (χ4n) is 0.718. The molecule has 6 heteroatoms. The molecular formula is C8H15NO5. The lowest BCUT2D eigenvalue weighted by Gasteiger charge is -2.06. The predicted octanol–water partition coefficient (Wildman–Crippen LogP) is -1.03. The Morgan fingerprint density at radius 2 is 2.14 bits per heavy atom. The van der Waals surface area contributed by atoms with E-state index in [1.165, 1.54) is 0 Å². The van der Waals surface area contributed by atoms with E-state index < -0.39 is 12.1 Å². The van der Waals surface area contributed by atoms with Crippen molar-refractivity contribution >= 4 is 11.9 Å². The summed E-state index contributed by atoms with van der Waals surface area (Å²) in [6.07, 6.45) is -1.44. The Hall–Kier alpha value is -1.14. The Balaban J connectivity index is 3.44. The van der Waals surface area contributed by atoms with Crippen molar-refractivity contribution in [2.75, 3.05) is 19.8 Å². The quantitative estimate of drug-likeness (QED) is 0.494. The SMILES string of the molecule is CCOCC(=O)NCCC(O)C(=O)O. The first-order valence-corrected chi connectivity index (χ1v) is 4.33. The number of rotatable bonds is 7. The van der Waals surface area contributed by atoms with Gasteiger partial charge in [0.25, 0.3) is 0 Å². The molecule has 0 spiro atoms. The Morgan fingerprint density at radius 3 is 2.64 bits per heavy atom. The number of aliphatic hydroxyl groups excluding tert-OH is 1. The second-order valence-electron chi connectivity index (χ2n) is 2.63. The normalized spacial score (nSPS) is 12.1. The van der Waals surface area contributed by atoms with Crippen molar-refractivity contribution in [2.45, 2.75) is 19.4 Å². The van der Waals surface area contributed by atoms with Crippen molar-refractivity contribution in [3.05, 3.63) is 0 Å². The molecular weight excluding hydrogens is 190 g/mol. The zero-order chi connectivity index (χ0) is 11.0. The van der Waals surface area contributed by atoms with Gasteiger partial charge in [-0.2, -0.15) is 0 Å². The number of carboxylic acids is 1. The molecule has 0 aliphatic carbocycles. The fraction of sp³-hybridized carbons (Fsp3) is 0.750. The minimum absolute atomic E-state index is 0.00675. The fourth-order valence-corrected chi connectivity index (χ4v) is 0.718. The van der Waals surface area contributed by atoms with Crippen molar-refractivity contribution in [2.24, 2.45) is 0 Å². The smallest absolute Gasteiger partial charge is 0.332 e. The van der Waals surface area contributed by atoms with Crippen LogP contribution in [0.1, 0.15) is 13.3 Å². The van der Waals surface area contributed by atoms with Gasteiger partial charge >= 0.3 is 5.97 Å². The molecule has 6 nitrogen and oxygen atoms in total. The summed E-state index contributed by atoms with van der Waals surface area (Å²) < 4.78 is 4.81. The number of nitrogens with one attached hydrogen (secondary N) is 1. The first-order chi connectivity index (χ1) is 6.57. The molecule has 0 fully saturated rings. The predicted molar refractivity (Wildman–Crippen MR) is 47.8 cm³/mol. The number of amides is 1. The van der Waals surface area contributed by atoms with Crippen molar-refractivity contribution in [3.8, 4) is 0 Å². The van der Waals surface area contributed by atoms with E-state index in [0.29, 0.717) is 6.61 Å². The highest BCUT2D eigenvalue weighted by Crippen LogP contribution is 1.89. The number of hydrogen-bond acceptors (Lipinski definition) is 4. The summed E-state index contributed by atoms with van der Waals surface area (Å²) in [5, 5.41) is 19.6. The second kappa shape index (κ2) is 7.28. The van der Waals surface area contributed by atoms with Crippen molar-refractivity contribution in [1.29, 1.82) is 0 Å². The van der Waals surface area contributed by atoms with Crippen LogP contribution in [0.5, 0.6) is 0 Å². The van der Waals surface area contributed by atoms with Gasteiger partial charge in [-0.25, -0.2) is 4.79 Å². The molecule has 0 heterocycles. The van der Waals surface area contributed by atoms with Gasteiger partial charge in [-0.3, -0.25) is 4.79 Å². The van der Waals surface area contributed by atoms with Crippen molar-refractivity contribution in [1.82, 2.24) is 5.32 Å². The van der Waals surface area contributed by atoms with E-state index in [0.717, 1.165) is 0 Å². The number of carboxylic acid groups (broad SMARTS) is 1. The average molecular weight is 205 g/mol. The largest absolute Gasteiger partial charge is 0.479 e. The van der Waals surface area contributed by atoms with E-state index in [4.69, 9.17) is 14.9 Å². The maximum Gasteiger partial charge on any atom is 0.332 e. The van der Waals surface area contributed by atoms with Crippen LogP contribution in [-0.4, -0.2) is 48.0 Å². The molecule has 0 aliphatic heterocycles. The number of aliphatic hydroxyl groups is 1. The van der Waals surface area contributed by atoms with E-state index in [1.54, 1.807) is 6.92 Å². The first-order valence-electron chi connectivity index (χ1n) is 4.33. The van der Waals surface area contributed by atoms with Crippen molar-refractivity contribution in [3.63, 3.8) is 0 Å². The molecule has 82 valence electrons. The third-order valence-corrected chi connectivity index (χ3v) is 1.46. The summed E-state index contributed by atoms with van der Waals surface area (Å²) in [5.41, 5.74) is 0. The molecule has 0 aliphatic rings. The molecule has 3 N–H and O–H groups in total. The number of aliphatic carboxylic acids is 1. The zero-order valence-corrected chi connectivity index (χ0v) is 8.02. The number of carbonyl (C=O) groups excluding carboxylic acids is 1. The van der Waals surface area contributed by atoms with Gasteiger partial charge in [0.2, 0.25) is 5.91 Å². The second-order valence-corrected chi connectivity index (χ2v) is 2.63. The third kappa shape index (κ3) is 6.38. The highest BCUT2D eigenvalue weighted by atomic mass is 16.5. The molecule has 0 rings (SSSR count). The Bertz CT molecular complexity index is 194. The van der Waals surface area contributed by atoms with Gasteiger partial charge < -0.3 is 20.3 Å². The van der Waals surface area contributed by atoms with E-state index >= 15 is 0 Å². The van der Waals surface area contributed by atoms with Crippen LogP contribution in [0.2, 0.25) is 0 Å². The maximum absolute atomic E-state index is 10.9. The summed E-state index contributed by atoms with van der Waals surface area (Å²) in [7, 11) is 0. The summed E-state index contributed by atoms with van der Waals surface area (Å²) in [6.45, 7) is 2.30. The molecule has 0 saturated carbocycles. The van der Waals surface area contributed by atoms with Crippen molar-refractivity contribution < 1.29 is 24.5 Å². The molecule has 0 aromatic carbocycles. The van der Waals surface area contributed by atoms with Gasteiger partial charge in [-0.1, -0.05) is 0 Å². The standard InChI is InChI=1S/C8H15NO5/c1-2-14-5-7(11)9-4-3-6(10)8(12)13/h6,10H,2-5H2,1H3,(H,9,11)(H,12,13). The lowest BCUT2D eigenvalue weighted by molar-refractivity contribution is -0.147. The molecule has 0 saturated heterocycles. The topological polar surface area (TPSA) is 95.9 Å². The van der Waals surface area contributed by atoms with Gasteiger partial charge in [-0.05, 0) is 6.92 Å². The highest BCUT2D eigenvalue weighted by Gasteiger charge is 2.12. The zero-order valence-electron chi connectivity index (χ0n) is 8.02. The van der Waals surface area contributed by atoms with E-state index in [-0.39, 0.29) is 25.5 Å². The van der Waals surface area contributed by atoms with Gasteiger partial charge in [0.15, 0.2) is 6.10 Å². The van der Waals surface area contributed by atoms with Gasteiger partial charge in [0.05, 0.1) is 0 Å². The molecule has 1 amide bonds. The molecule has 1 atom stereocenters. The van der Waals surface area contributed by atoms with Crippen LogP contribution >= 0.6 is 0 Å². The Morgan fingerprint density at radius 1 is 1.50 bits per heavy atom. The summed E-state index contributed by atoms with van der Waals surface area (Å²) in [6, 6.07) is 0. The molecule has 0 aromatic heterocycles. The molecule has 0 radical (unpaired) electrons. The minimum atomic E-state index is -1.43. The molecule has 0 bridgehead atoms. The molecule has 1 unspecified atom stereocenters. The van der Waals surface area contributed by atoms with Crippen LogP contribution in [0.25, 0.3) is 0 Å². The molecule has 0 aromatic rings. The van der Waals surface area contributed by atoms with Crippen LogP contribution in [-0.2, 0) is 14.3 Å². The van der Waals surface area contributed by atoms with Crippen LogP contribution < -0.4 is 5.32 Å². The monoisotopic (exact) mass is 205 g/mol.